The molecule has 1 unspecified atom stereocenters. The number of hydrogen-bond donors (Lipinski definition) is 2. The molecule has 0 aliphatic rings. The second kappa shape index (κ2) is 6.42. The fourth-order valence-electron chi connectivity index (χ4n) is 1.76. The minimum atomic E-state index is -1.03. The zero-order chi connectivity index (χ0) is 14.5. The van der Waals surface area contributed by atoms with Crippen LogP contribution in [0, 0.1) is 0 Å². The van der Waals surface area contributed by atoms with E-state index >= 15 is 0 Å². The fraction of sp³-hybridized carbons (Fsp3) is 0.308. The summed E-state index contributed by atoms with van der Waals surface area (Å²) in [4.78, 5) is 26.3. The number of amides is 1. The summed E-state index contributed by atoms with van der Waals surface area (Å²) in [5.41, 5.74) is 1.74. The average Bonchev–Trinajstić information content (AvgIpc) is 2.79. The molecule has 2 aromatic rings. The van der Waals surface area contributed by atoms with Crippen molar-refractivity contribution in [1.82, 2.24) is 14.7 Å². The summed E-state index contributed by atoms with van der Waals surface area (Å²) in [6, 6.07) is 4.87. The first kappa shape index (κ1) is 14.4. The molecular formula is C13H15N3O3S. The largest absolute Gasteiger partial charge is 0.480 e. The van der Waals surface area contributed by atoms with Crippen LogP contribution in [-0.4, -0.2) is 38.2 Å². The van der Waals surface area contributed by atoms with Gasteiger partial charge in [-0.05, 0) is 12.1 Å². The predicted octanol–water partition coefficient (Wildman–Crippen LogP) is 1.16. The zero-order valence-electron chi connectivity index (χ0n) is 10.9. The summed E-state index contributed by atoms with van der Waals surface area (Å²) in [5.74, 6) is -0.457. The lowest BCUT2D eigenvalue weighted by molar-refractivity contribution is -0.140. The molecule has 0 spiro atoms. The number of nitrogens with one attached hydrogen (secondary N) is 1. The Hall–Kier alpha value is -2.02. The smallest absolute Gasteiger partial charge is 0.327 e. The Kier molecular flexibility index (Phi) is 4.62. The van der Waals surface area contributed by atoms with Crippen LogP contribution < -0.4 is 5.32 Å². The first-order valence-electron chi connectivity index (χ1n) is 6.06. The van der Waals surface area contributed by atoms with Gasteiger partial charge in [0.2, 0.25) is 5.91 Å². The van der Waals surface area contributed by atoms with Crippen LogP contribution in [0.2, 0.25) is 0 Å². The number of pyridine rings is 1. The molecule has 6 nitrogen and oxygen atoms in total. The SMILES string of the molecule is CC(=O)NC(CSCc1cn2ccccc2n1)C(=O)O. The van der Waals surface area contributed by atoms with Crippen molar-refractivity contribution in [3.05, 3.63) is 36.3 Å². The Labute approximate surface area is 120 Å². The summed E-state index contributed by atoms with van der Waals surface area (Å²) in [6.07, 6.45) is 3.82. The number of carboxylic acid groups (broad SMARTS) is 1. The quantitative estimate of drug-likeness (QED) is 0.835. The van der Waals surface area contributed by atoms with E-state index in [4.69, 9.17) is 5.11 Å². The van der Waals surface area contributed by atoms with Gasteiger partial charge < -0.3 is 14.8 Å². The summed E-state index contributed by atoms with van der Waals surface area (Å²) in [6.45, 7) is 1.31. The van der Waals surface area contributed by atoms with E-state index in [0.717, 1.165) is 11.3 Å². The van der Waals surface area contributed by atoms with E-state index in [2.05, 4.69) is 10.3 Å². The van der Waals surface area contributed by atoms with Gasteiger partial charge in [-0.2, -0.15) is 11.8 Å². The molecule has 0 saturated carbocycles. The van der Waals surface area contributed by atoms with Gasteiger partial charge in [0.25, 0.3) is 0 Å². The number of imidazole rings is 1. The van der Waals surface area contributed by atoms with E-state index in [1.807, 2.05) is 35.0 Å². The zero-order valence-corrected chi connectivity index (χ0v) is 11.8. The molecule has 2 N–H and O–H groups in total. The van der Waals surface area contributed by atoms with E-state index in [1.165, 1.54) is 18.7 Å². The highest BCUT2D eigenvalue weighted by atomic mass is 32.2. The first-order valence-corrected chi connectivity index (χ1v) is 7.22. The van der Waals surface area contributed by atoms with Crippen molar-refractivity contribution < 1.29 is 14.7 Å². The van der Waals surface area contributed by atoms with Crippen molar-refractivity contribution in [3.63, 3.8) is 0 Å². The van der Waals surface area contributed by atoms with E-state index in [1.54, 1.807) is 0 Å². The number of fused-ring (bicyclic) bond motifs is 1. The van der Waals surface area contributed by atoms with E-state index < -0.39 is 12.0 Å². The number of carbonyl (C=O) groups is 2. The lowest BCUT2D eigenvalue weighted by atomic mass is 10.3. The summed E-state index contributed by atoms with van der Waals surface area (Å²) in [5, 5.41) is 11.4. The molecule has 0 aromatic carbocycles. The summed E-state index contributed by atoms with van der Waals surface area (Å²) < 4.78 is 1.92. The number of carboxylic acids is 1. The number of carbonyl (C=O) groups excluding carboxylic acids is 1. The minimum absolute atomic E-state index is 0.308. The van der Waals surface area contributed by atoms with Gasteiger partial charge in [0, 0.05) is 30.8 Å². The van der Waals surface area contributed by atoms with Crippen molar-refractivity contribution in [2.75, 3.05) is 5.75 Å². The molecule has 0 aliphatic carbocycles. The summed E-state index contributed by atoms with van der Waals surface area (Å²) >= 11 is 1.43. The van der Waals surface area contributed by atoms with Gasteiger partial charge in [-0.15, -0.1) is 0 Å². The molecule has 0 radical (unpaired) electrons. The molecule has 2 heterocycles. The number of aromatic nitrogens is 2. The molecule has 1 atom stereocenters. The Morgan fingerprint density at radius 3 is 2.95 bits per heavy atom. The van der Waals surface area contributed by atoms with Crippen LogP contribution in [-0.2, 0) is 15.3 Å². The van der Waals surface area contributed by atoms with Crippen molar-refractivity contribution >= 4 is 29.3 Å². The lowest BCUT2D eigenvalue weighted by Gasteiger charge is -2.11. The Morgan fingerprint density at radius 2 is 2.30 bits per heavy atom. The topological polar surface area (TPSA) is 83.7 Å². The molecule has 0 saturated heterocycles. The van der Waals surface area contributed by atoms with Crippen LogP contribution in [0.25, 0.3) is 5.65 Å². The average molecular weight is 293 g/mol. The van der Waals surface area contributed by atoms with Gasteiger partial charge in [-0.1, -0.05) is 6.07 Å². The molecule has 7 heteroatoms. The minimum Gasteiger partial charge on any atom is -0.480 e. The first-order chi connectivity index (χ1) is 9.56. The van der Waals surface area contributed by atoms with Crippen LogP contribution in [0.15, 0.2) is 30.6 Å². The van der Waals surface area contributed by atoms with Gasteiger partial charge in [-0.3, -0.25) is 4.79 Å². The van der Waals surface area contributed by atoms with Crippen LogP contribution >= 0.6 is 11.8 Å². The Morgan fingerprint density at radius 1 is 1.50 bits per heavy atom. The summed E-state index contributed by atoms with van der Waals surface area (Å²) in [7, 11) is 0. The van der Waals surface area contributed by atoms with Gasteiger partial charge in [0.1, 0.15) is 11.7 Å². The van der Waals surface area contributed by atoms with Gasteiger partial charge >= 0.3 is 5.97 Å². The van der Waals surface area contributed by atoms with Gasteiger partial charge in [-0.25, -0.2) is 9.78 Å². The molecule has 20 heavy (non-hydrogen) atoms. The molecular weight excluding hydrogens is 278 g/mol. The third kappa shape index (κ3) is 3.74. The third-order valence-corrected chi connectivity index (χ3v) is 3.69. The Balaban J connectivity index is 1.91. The highest BCUT2D eigenvalue weighted by Crippen LogP contribution is 2.14. The predicted molar refractivity (Wildman–Crippen MR) is 76.6 cm³/mol. The van der Waals surface area contributed by atoms with Crippen LogP contribution in [0.1, 0.15) is 12.6 Å². The number of nitrogens with zero attached hydrogens (tertiary/aromatic N) is 2. The number of thioether (sulfide) groups is 1. The van der Waals surface area contributed by atoms with Crippen LogP contribution in [0.5, 0.6) is 0 Å². The molecule has 2 rings (SSSR count). The molecule has 2 aromatic heterocycles. The van der Waals surface area contributed by atoms with Crippen molar-refractivity contribution in [2.24, 2.45) is 0 Å². The van der Waals surface area contributed by atoms with E-state index in [0.29, 0.717) is 11.5 Å². The van der Waals surface area contributed by atoms with Gasteiger partial charge in [0.05, 0.1) is 5.69 Å². The highest BCUT2D eigenvalue weighted by Gasteiger charge is 2.18. The fourth-order valence-corrected chi connectivity index (χ4v) is 2.69. The maximum absolute atomic E-state index is 11.0. The molecule has 1 amide bonds. The van der Waals surface area contributed by atoms with E-state index in [-0.39, 0.29) is 5.91 Å². The number of rotatable bonds is 6. The maximum atomic E-state index is 11.0. The monoisotopic (exact) mass is 293 g/mol. The van der Waals surface area contributed by atoms with Crippen LogP contribution in [0.3, 0.4) is 0 Å². The Bertz CT molecular complexity index is 593. The van der Waals surface area contributed by atoms with Crippen LogP contribution in [0.4, 0.5) is 0 Å². The maximum Gasteiger partial charge on any atom is 0.327 e. The molecule has 0 fully saturated rings. The third-order valence-electron chi connectivity index (χ3n) is 2.62. The second-order valence-corrected chi connectivity index (χ2v) is 5.34. The van der Waals surface area contributed by atoms with Crippen molar-refractivity contribution in [3.8, 4) is 0 Å². The standard InChI is InChI=1S/C13H15N3O3S/c1-9(17)14-11(13(18)19)8-20-7-10-6-16-5-3-2-4-12(16)15-10/h2-6,11H,7-8H2,1H3,(H,14,17)(H,18,19). The molecule has 0 bridgehead atoms. The van der Waals surface area contributed by atoms with E-state index in [9.17, 15) is 9.59 Å². The number of hydrogen-bond acceptors (Lipinski definition) is 4. The van der Waals surface area contributed by atoms with Gasteiger partial charge in [0.15, 0.2) is 0 Å². The molecule has 106 valence electrons. The highest BCUT2D eigenvalue weighted by molar-refractivity contribution is 7.98. The normalized spacial score (nSPS) is 12.2. The van der Waals surface area contributed by atoms with Crippen molar-refractivity contribution in [1.29, 1.82) is 0 Å². The van der Waals surface area contributed by atoms with Crippen molar-refractivity contribution in [2.45, 2.75) is 18.7 Å². The molecule has 0 aliphatic heterocycles. The lowest BCUT2D eigenvalue weighted by Crippen LogP contribution is -2.41. The second-order valence-electron chi connectivity index (χ2n) is 4.30. The number of aliphatic carboxylic acids is 1.